The Labute approximate surface area is 293 Å². The fraction of sp³-hybridized carbons (Fsp3) is 0.343. The van der Waals surface area contributed by atoms with E-state index in [1.165, 1.54) is 7.11 Å². The van der Waals surface area contributed by atoms with Crippen LogP contribution >= 0.6 is 32.6 Å². The first-order valence-corrected chi connectivity index (χ1v) is 21.1. The van der Waals surface area contributed by atoms with Gasteiger partial charge in [-0.1, -0.05) is 0 Å². The number of carbonyl (C=O) groups is 5. The van der Waals surface area contributed by atoms with Crippen molar-refractivity contribution in [1.82, 2.24) is 10.6 Å². The maximum absolute atomic E-state index is 13.3. The summed E-state index contributed by atoms with van der Waals surface area (Å²) >= 11 is 5.33. The van der Waals surface area contributed by atoms with Gasteiger partial charge in [0.2, 0.25) is 0 Å². The number of ether oxygens (including phenoxy) is 2. The topological polar surface area (TPSA) is 154 Å². The Balaban J connectivity index is 1.75. The van der Waals surface area contributed by atoms with Gasteiger partial charge in [-0.3, -0.25) is 4.79 Å². The Hall–Kier alpha value is -3.57. The van der Waals surface area contributed by atoms with E-state index >= 15 is 0 Å². The second-order valence-corrected chi connectivity index (χ2v) is 21.1. The minimum Gasteiger partial charge on any atom is -0.468 e. The van der Waals surface area contributed by atoms with Crippen LogP contribution in [0.15, 0.2) is 91.0 Å². The first kappa shape index (κ1) is 38.9. The summed E-state index contributed by atoms with van der Waals surface area (Å²) in [6, 6.07) is 28.7. The van der Waals surface area contributed by atoms with Gasteiger partial charge in [-0.05, 0) is 6.92 Å². The molecule has 4 N–H and O–H groups in total. The minimum absolute atomic E-state index is 0.00449. The minimum atomic E-state index is -3.21. The Bertz CT molecular complexity index is 1430. The molecule has 0 aliphatic rings. The number of rotatable bonds is 18. The average Bonchev–Trinajstić information content (AvgIpc) is 3.12. The van der Waals surface area contributed by atoms with Crippen LogP contribution in [0.5, 0.6) is 0 Å². The van der Waals surface area contributed by atoms with Gasteiger partial charge in [0, 0.05) is 0 Å². The van der Waals surface area contributed by atoms with Crippen molar-refractivity contribution in [1.29, 1.82) is 0 Å². The van der Waals surface area contributed by atoms with Crippen LogP contribution in [0.2, 0.25) is 0 Å². The van der Waals surface area contributed by atoms with Gasteiger partial charge in [0.25, 0.3) is 0 Å². The number of carbonyl (C=O) groups excluding carboxylic acids is 5. The summed E-state index contributed by atoms with van der Waals surface area (Å²) in [6.45, 7) is 1.41. The summed E-state index contributed by atoms with van der Waals surface area (Å²) in [5.74, 6) is -2.52. The SMILES string of the molecule is CCOC(=O)CNC(=O)C(CSC(=O)CCCP(Br)(c1ccccc1)(c1ccccc1)c1ccccc1)NC(=O)CCC(N)C(=O)OC. The van der Waals surface area contributed by atoms with Crippen LogP contribution in [-0.2, 0) is 33.4 Å². The third kappa shape index (κ3) is 10.2. The third-order valence-electron chi connectivity index (χ3n) is 7.80. The molecule has 10 nitrogen and oxygen atoms in total. The second-order valence-electron chi connectivity index (χ2n) is 11.0. The fourth-order valence-corrected chi connectivity index (χ4v) is 13.9. The number of halogens is 1. The van der Waals surface area contributed by atoms with Crippen LogP contribution in [0.25, 0.3) is 0 Å². The Kier molecular flexibility index (Phi) is 15.3. The van der Waals surface area contributed by atoms with Crippen molar-refractivity contribution in [3.05, 3.63) is 91.0 Å². The Morgan fingerprint density at radius 2 is 1.38 bits per heavy atom. The number of thioether (sulfide) groups is 1. The van der Waals surface area contributed by atoms with Gasteiger partial charge >= 0.3 is 259 Å². The molecule has 0 radical (unpaired) electrons. The molecule has 0 heterocycles. The predicted octanol–water partition coefficient (Wildman–Crippen LogP) is 3.31. The molecule has 0 spiro atoms. The predicted molar refractivity (Wildman–Crippen MR) is 196 cm³/mol. The van der Waals surface area contributed by atoms with Crippen LogP contribution in [0.1, 0.15) is 32.6 Å². The van der Waals surface area contributed by atoms with E-state index in [0.717, 1.165) is 27.7 Å². The molecule has 0 saturated carbocycles. The average molecular weight is 761 g/mol. The van der Waals surface area contributed by atoms with E-state index in [1.807, 2.05) is 54.6 Å². The smallest absolute Gasteiger partial charge is 0.468 e. The number of hydrogen-bond donors (Lipinski definition) is 3. The molecular weight excluding hydrogens is 717 g/mol. The van der Waals surface area contributed by atoms with E-state index in [2.05, 4.69) is 67.3 Å². The van der Waals surface area contributed by atoms with Crippen molar-refractivity contribution in [2.45, 2.75) is 44.7 Å². The molecule has 0 aliphatic carbocycles. The van der Waals surface area contributed by atoms with Gasteiger partial charge in [-0.15, -0.1) is 0 Å². The number of nitrogens with two attached hydrogens (primary N) is 1. The summed E-state index contributed by atoms with van der Waals surface area (Å²) in [6.07, 6.45) is 1.29. The van der Waals surface area contributed by atoms with Crippen LogP contribution in [-0.4, -0.2) is 73.1 Å². The molecule has 0 saturated heterocycles. The number of methoxy groups -OCH3 is 1. The molecule has 2 atom stereocenters. The van der Waals surface area contributed by atoms with Gasteiger partial charge in [-0.2, -0.15) is 0 Å². The van der Waals surface area contributed by atoms with E-state index in [-0.39, 0.29) is 43.3 Å². The zero-order chi connectivity index (χ0) is 35.0. The monoisotopic (exact) mass is 759 g/mol. The standard InChI is InChI=1S/C35H43BrN3O7PS/c1-3-46-32(41)24-38-34(43)30(39-31(40)22-21-29(37)35(44)45-2)25-48-33(42)20-13-23-47(36,26-14-7-4-8-15-26,27-16-9-5-10-17-27)28-18-11-6-12-19-28/h4-12,14-19,29-30H,3,13,20-25,37H2,1-2H3,(H,38,43)(H,39,40). The molecule has 3 aromatic carbocycles. The molecule has 0 bridgehead atoms. The van der Waals surface area contributed by atoms with Gasteiger partial charge in [0.05, 0.1) is 13.7 Å². The van der Waals surface area contributed by atoms with Crippen molar-refractivity contribution in [3.63, 3.8) is 0 Å². The molecule has 0 aromatic heterocycles. The zero-order valence-electron chi connectivity index (χ0n) is 27.1. The molecule has 2 unspecified atom stereocenters. The molecule has 3 rings (SSSR count). The van der Waals surface area contributed by atoms with Gasteiger partial charge < -0.3 is 10.5 Å². The Morgan fingerprint density at radius 3 is 1.85 bits per heavy atom. The summed E-state index contributed by atoms with van der Waals surface area (Å²) in [5, 5.41) is 5.15. The first-order valence-electron chi connectivity index (χ1n) is 15.6. The molecule has 13 heteroatoms. The summed E-state index contributed by atoms with van der Waals surface area (Å²) in [5.41, 5.74) is 5.74. The molecule has 0 fully saturated rings. The Morgan fingerprint density at radius 1 is 0.854 bits per heavy atom. The van der Waals surface area contributed by atoms with Gasteiger partial charge in [-0.25, -0.2) is 0 Å². The van der Waals surface area contributed by atoms with Crippen molar-refractivity contribution in [2.24, 2.45) is 5.73 Å². The van der Waals surface area contributed by atoms with E-state index < -0.39 is 41.1 Å². The number of nitrogens with one attached hydrogen (secondary N) is 2. The molecule has 258 valence electrons. The molecule has 2 amide bonds. The maximum atomic E-state index is 13.3. The number of benzene rings is 3. The zero-order valence-corrected chi connectivity index (χ0v) is 30.4. The second kappa shape index (κ2) is 18.8. The van der Waals surface area contributed by atoms with E-state index in [1.54, 1.807) is 6.92 Å². The normalized spacial score (nSPS) is 13.2. The van der Waals surface area contributed by atoms with Crippen LogP contribution in [0.4, 0.5) is 0 Å². The quantitative estimate of drug-likeness (QED) is 0.131. The first-order chi connectivity index (χ1) is 23.0. The molecular formula is C35H43BrN3O7PS. The van der Waals surface area contributed by atoms with Crippen molar-refractivity contribution >= 4 is 77.3 Å². The van der Waals surface area contributed by atoms with Crippen LogP contribution in [0, 0.1) is 0 Å². The van der Waals surface area contributed by atoms with Crippen molar-refractivity contribution in [3.8, 4) is 0 Å². The van der Waals surface area contributed by atoms with Gasteiger partial charge in [0.15, 0.2) is 0 Å². The van der Waals surface area contributed by atoms with E-state index in [0.29, 0.717) is 12.6 Å². The third-order valence-corrected chi connectivity index (χ3v) is 18.9. The summed E-state index contributed by atoms with van der Waals surface area (Å²) < 4.78 is 9.46. The molecule has 0 aliphatic heterocycles. The molecule has 3 aromatic rings. The molecule has 48 heavy (non-hydrogen) atoms. The summed E-state index contributed by atoms with van der Waals surface area (Å²) in [7, 11) is 1.20. The van der Waals surface area contributed by atoms with E-state index in [9.17, 15) is 24.0 Å². The fourth-order valence-electron chi connectivity index (χ4n) is 5.32. The summed E-state index contributed by atoms with van der Waals surface area (Å²) in [4.78, 5) is 62.4. The van der Waals surface area contributed by atoms with Gasteiger partial charge in [0.1, 0.15) is 0 Å². The number of amides is 2. The van der Waals surface area contributed by atoms with Crippen molar-refractivity contribution < 1.29 is 33.4 Å². The van der Waals surface area contributed by atoms with E-state index in [4.69, 9.17) is 10.5 Å². The van der Waals surface area contributed by atoms with Crippen LogP contribution in [0.3, 0.4) is 0 Å². The number of esters is 2. The van der Waals surface area contributed by atoms with Crippen LogP contribution < -0.4 is 32.3 Å². The number of hydrogen-bond acceptors (Lipinski definition) is 9. The van der Waals surface area contributed by atoms with Crippen molar-refractivity contribution in [2.75, 3.05) is 32.2 Å².